The Morgan fingerprint density at radius 3 is 2.03 bits per heavy atom. The number of nitrogens with one attached hydrogen (secondary N) is 1. The lowest BCUT2D eigenvalue weighted by Crippen LogP contribution is -2.51. The predicted molar refractivity (Wildman–Crippen MR) is 128 cm³/mol. The fourth-order valence-corrected chi connectivity index (χ4v) is 5.62. The number of amides is 3. The van der Waals surface area contributed by atoms with E-state index in [1.54, 1.807) is 12.1 Å². The highest BCUT2D eigenvalue weighted by Gasteiger charge is 2.74. The van der Waals surface area contributed by atoms with E-state index < -0.39 is 52.7 Å². The minimum atomic E-state index is -2.20. The number of carbonyl (C=O) groups is 5. The summed E-state index contributed by atoms with van der Waals surface area (Å²) in [5.74, 6) is -6.09. The maximum Gasteiger partial charge on any atom is 0.241 e. The van der Waals surface area contributed by atoms with Gasteiger partial charge in [-0.2, -0.15) is 0 Å². The molecule has 0 unspecified atom stereocenters. The summed E-state index contributed by atoms with van der Waals surface area (Å²) in [6.45, 7) is 1.35. The first-order valence-corrected chi connectivity index (χ1v) is 11.6. The lowest BCUT2D eigenvalue weighted by atomic mass is 9.77. The Labute approximate surface area is 210 Å². The number of imide groups is 1. The fraction of sp³-hybridized carbons (Fsp3) is 0.179. The van der Waals surface area contributed by atoms with E-state index in [1.165, 1.54) is 67.6 Å². The Morgan fingerprint density at radius 2 is 1.46 bits per heavy atom. The Bertz CT molecular complexity index is 1480. The molecule has 0 saturated carbocycles. The summed E-state index contributed by atoms with van der Waals surface area (Å²) < 4.78 is 19.8. The summed E-state index contributed by atoms with van der Waals surface area (Å²) in [5.41, 5.74) is -0.883. The zero-order valence-electron chi connectivity index (χ0n) is 19.4. The van der Waals surface area contributed by atoms with Crippen LogP contribution in [0.15, 0.2) is 72.8 Å². The van der Waals surface area contributed by atoms with E-state index in [4.69, 9.17) is 4.74 Å². The van der Waals surface area contributed by atoms with E-state index >= 15 is 0 Å². The van der Waals surface area contributed by atoms with Gasteiger partial charge in [0, 0.05) is 23.7 Å². The number of ketones is 2. The Balaban J connectivity index is 1.48. The molecule has 37 heavy (non-hydrogen) atoms. The van der Waals surface area contributed by atoms with E-state index in [9.17, 15) is 28.4 Å². The molecule has 8 nitrogen and oxygen atoms in total. The lowest BCUT2D eigenvalue weighted by Gasteiger charge is -2.27. The molecule has 1 aliphatic carbocycles. The molecule has 6 rings (SSSR count). The zero-order valence-corrected chi connectivity index (χ0v) is 19.4. The van der Waals surface area contributed by atoms with Crippen LogP contribution in [0, 0.1) is 17.7 Å². The molecule has 3 aromatic carbocycles. The van der Waals surface area contributed by atoms with Crippen LogP contribution in [-0.2, 0) is 19.1 Å². The summed E-state index contributed by atoms with van der Waals surface area (Å²) in [5, 5.41) is 2.61. The number of Topliss-reactive ketones (excluding diaryl/α,β-unsaturated/α-hetero) is 2. The number of benzene rings is 3. The molecular weight excluding hydrogens is 479 g/mol. The number of nitrogens with zero attached hydrogens (tertiary/aromatic N) is 1. The Hall–Kier alpha value is -4.50. The molecule has 3 aliphatic rings. The van der Waals surface area contributed by atoms with Crippen molar-refractivity contribution < 1.29 is 33.1 Å². The van der Waals surface area contributed by atoms with E-state index in [-0.39, 0.29) is 22.7 Å². The summed E-state index contributed by atoms with van der Waals surface area (Å²) in [6.07, 6.45) is -1.13. The van der Waals surface area contributed by atoms with Gasteiger partial charge in [0.15, 0.2) is 0 Å². The highest BCUT2D eigenvalue weighted by Crippen LogP contribution is 2.57. The van der Waals surface area contributed by atoms with Crippen molar-refractivity contribution in [3.63, 3.8) is 0 Å². The zero-order chi connectivity index (χ0) is 26.1. The molecule has 2 saturated heterocycles. The van der Waals surface area contributed by atoms with E-state index in [2.05, 4.69) is 5.32 Å². The molecule has 184 valence electrons. The second-order valence-electron chi connectivity index (χ2n) is 9.27. The molecular formula is C28H19FN2O6. The fourth-order valence-electron chi connectivity index (χ4n) is 5.62. The molecule has 3 atom stereocenters. The monoisotopic (exact) mass is 498 g/mol. The first kappa shape index (κ1) is 22.9. The van der Waals surface area contributed by atoms with Crippen LogP contribution < -0.4 is 10.2 Å². The van der Waals surface area contributed by atoms with Crippen LogP contribution in [0.3, 0.4) is 0 Å². The van der Waals surface area contributed by atoms with E-state index in [0.29, 0.717) is 11.3 Å². The summed E-state index contributed by atoms with van der Waals surface area (Å²) in [7, 11) is 0. The van der Waals surface area contributed by atoms with Crippen molar-refractivity contribution in [2.45, 2.75) is 18.6 Å². The lowest BCUT2D eigenvalue weighted by molar-refractivity contribution is -0.127. The average molecular weight is 498 g/mol. The van der Waals surface area contributed by atoms with E-state index in [1.807, 2.05) is 0 Å². The molecule has 2 aliphatic heterocycles. The maximum absolute atomic E-state index is 13.9. The smallest absolute Gasteiger partial charge is 0.241 e. The normalized spacial score (nSPS) is 23.5. The van der Waals surface area contributed by atoms with Crippen molar-refractivity contribution in [1.82, 2.24) is 0 Å². The van der Waals surface area contributed by atoms with Crippen molar-refractivity contribution >= 4 is 40.7 Å². The van der Waals surface area contributed by atoms with Crippen molar-refractivity contribution in [2.24, 2.45) is 11.8 Å². The van der Waals surface area contributed by atoms with Gasteiger partial charge in [0.25, 0.3) is 0 Å². The third-order valence-electron chi connectivity index (χ3n) is 7.16. The SMILES string of the molecule is CC(=O)Nc1ccc(N2C(=O)[C@@H]3[C@H](c4ccc(F)cc4)OC4(C(=O)c5ccccc5C4=O)[C@H]3C2=O)cc1. The highest BCUT2D eigenvalue weighted by atomic mass is 19.1. The quantitative estimate of drug-likeness (QED) is 0.438. The van der Waals surface area contributed by atoms with Crippen LogP contribution in [0.4, 0.5) is 15.8 Å². The molecule has 0 radical (unpaired) electrons. The maximum atomic E-state index is 13.9. The Kier molecular flexibility index (Phi) is 4.96. The van der Waals surface area contributed by atoms with Gasteiger partial charge in [-0.1, -0.05) is 36.4 Å². The van der Waals surface area contributed by atoms with Gasteiger partial charge in [-0.25, -0.2) is 9.29 Å². The van der Waals surface area contributed by atoms with Gasteiger partial charge in [-0.15, -0.1) is 0 Å². The van der Waals surface area contributed by atoms with Gasteiger partial charge in [0.05, 0.1) is 23.6 Å². The van der Waals surface area contributed by atoms with E-state index in [0.717, 1.165) is 4.90 Å². The molecule has 0 bridgehead atoms. The topological polar surface area (TPSA) is 110 Å². The van der Waals surface area contributed by atoms with Crippen molar-refractivity contribution in [3.05, 3.63) is 95.3 Å². The van der Waals surface area contributed by atoms with Crippen LogP contribution in [0.5, 0.6) is 0 Å². The Morgan fingerprint density at radius 1 is 0.865 bits per heavy atom. The number of rotatable bonds is 3. The molecule has 2 heterocycles. The first-order chi connectivity index (χ1) is 17.7. The number of carbonyl (C=O) groups excluding carboxylic acids is 5. The average Bonchev–Trinajstić information content (AvgIpc) is 3.45. The second kappa shape index (κ2) is 8.01. The van der Waals surface area contributed by atoms with Gasteiger partial charge >= 0.3 is 0 Å². The van der Waals surface area contributed by atoms with Crippen LogP contribution in [0.25, 0.3) is 0 Å². The number of anilines is 2. The first-order valence-electron chi connectivity index (χ1n) is 11.6. The second-order valence-corrected chi connectivity index (χ2v) is 9.27. The van der Waals surface area contributed by atoms with Gasteiger partial charge in [-0.05, 0) is 42.0 Å². The largest absolute Gasteiger partial charge is 0.349 e. The minimum Gasteiger partial charge on any atom is -0.349 e. The molecule has 1 N–H and O–H groups in total. The molecule has 3 amide bonds. The number of fused-ring (bicyclic) bond motifs is 3. The van der Waals surface area contributed by atoms with Crippen LogP contribution in [-0.4, -0.2) is 34.9 Å². The minimum absolute atomic E-state index is 0.129. The summed E-state index contributed by atoms with van der Waals surface area (Å²) >= 11 is 0. The van der Waals surface area contributed by atoms with Crippen LogP contribution in [0.2, 0.25) is 0 Å². The summed E-state index contributed by atoms with van der Waals surface area (Å²) in [6, 6.07) is 17.5. The molecule has 0 aromatic heterocycles. The predicted octanol–water partition coefficient (Wildman–Crippen LogP) is 3.48. The third kappa shape index (κ3) is 3.14. The molecule has 2 fully saturated rings. The van der Waals surface area contributed by atoms with Crippen molar-refractivity contribution in [3.8, 4) is 0 Å². The van der Waals surface area contributed by atoms with Gasteiger partial charge in [0.2, 0.25) is 34.9 Å². The summed E-state index contributed by atoms with van der Waals surface area (Å²) in [4.78, 5) is 67.4. The number of ether oxygens (including phenoxy) is 1. The van der Waals surface area contributed by atoms with Gasteiger partial charge < -0.3 is 10.1 Å². The van der Waals surface area contributed by atoms with Crippen LogP contribution >= 0.6 is 0 Å². The number of hydrogen-bond donors (Lipinski definition) is 1. The standard InChI is InChI=1S/C28H19FN2O6/c1-14(32)30-17-10-12-18(13-11-17)31-26(35)21-22(27(31)36)28(37-23(21)15-6-8-16(29)9-7-15)24(33)19-4-2-3-5-20(19)25(28)34/h2-13,21-23H,1H3,(H,30,32)/t21-,22+,23-/m0/s1. The number of halogens is 1. The highest BCUT2D eigenvalue weighted by molar-refractivity contribution is 6.37. The molecule has 9 heteroatoms. The van der Waals surface area contributed by atoms with Crippen molar-refractivity contribution in [1.29, 1.82) is 0 Å². The number of hydrogen-bond acceptors (Lipinski definition) is 6. The van der Waals surface area contributed by atoms with Crippen molar-refractivity contribution in [2.75, 3.05) is 10.2 Å². The van der Waals surface area contributed by atoms with Gasteiger partial charge in [0.1, 0.15) is 5.82 Å². The third-order valence-corrected chi connectivity index (χ3v) is 7.16. The molecule has 3 aromatic rings. The van der Waals surface area contributed by atoms with Crippen LogP contribution in [0.1, 0.15) is 39.3 Å². The molecule has 1 spiro atoms. The van der Waals surface area contributed by atoms with Gasteiger partial charge in [-0.3, -0.25) is 24.0 Å².